The Kier molecular flexibility index (Phi) is 6.08. The summed E-state index contributed by atoms with van der Waals surface area (Å²) in [5, 5.41) is 11.2. The van der Waals surface area contributed by atoms with Crippen LogP contribution in [0.3, 0.4) is 0 Å². The van der Waals surface area contributed by atoms with Gasteiger partial charge >= 0.3 is 0 Å². The molecule has 2 heterocycles. The first-order valence-corrected chi connectivity index (χ1v) is 11.0. The summed E-state index contributed by atoms with van der Waals surface area (Å²) in [4.78, 5) is 27.2. The van der Waals surface area contributed by atoms with E-state index in [1.807, 2.05) is 54.6 Å². The van der Waals surface area contributed by atoms with Gasteiger partial charge in [0.25, 0.3) is 11.8 Å². The second-order valence-corrected chi connectivity index (χ2v) is 9.25. The highest BCUT2D eigenvalue weighted by Gasteiger charge is 2.26. The van der Waals surface area contributed by atoms with Crippen LogP contribution in [-0.4, -0.2) is 50.8 Å². The zero-order valence-electron chi connectivity index (χ0n) is 18.8. The lowest BCUT2D eigenvalue weighted by Crippen LogP contribution is -2.46. The van der Waals surface area contributed by atoms with Gasteiger partial charge in [-0.1, -0.05) is 56.3 Å². The summed E-state index contributed by atoms with van der Waals surface area (Å²) in [7, 11) is 0. The molecule has 32 heavy (non-hydrogen) atoms. The monoisotopic (exact) mass is 431 g/mol. The minimum Gasteiger partial charge on any atom is -0.349 e. The fourth-order valence-corrected chi connectivity index (χ4v) is 3.85. The van der Waals surface area contributed by atoms with Crippen molar-refractivity contribution in [2.45, 2.75) is 45.1 Å². The minimum atomic E-state index is -0.130. The zero-order valence-corrected chi connectivity index (χ0v) is 18.8. The summed E-state index contributed by atoms with van der Waals surface area (Å²) < 4.78 is 1.60. The smallest absolute Gasteiger partial charge is 0.276 e. The molecule has 0 atom stereocenters. The lowest BCUT2D eigenvalue weighted by molar-refractivity contribution is 0.0692. The maximum Gasteiger partial charge on any atom is 0.276 e. The van der Waals surface area contributed by atoms with Gasteiger partial charge in [-0.05, 0) is 48.1 Å². The first-order chi connectivity index (χ1) is 15.3. The van der Waals surface area contributed by atoms with Crippen molar-refractivity contribution in [2.75, 3.05) is 13.1 Å². The molecule has 1 N–H and O–H groups in total. The van der Waals surface area contributed by atoms with Gasteiger partial charge in [0.05, 0.1) is 11.9 Å². The highest BCUT2D eigenvalue weighted by atomic mass is 16.2. The fourth-order valence-electron chi connectivity index (χ4n) is 3.85. The second-order valence-electron chi connectivity index (χ2n) is 9.25. The molecule has 0 unspecified atom stereocenters. The SMILES string of the molecule is CC(C)(C)c1ccc(C(=O)NC2CCN(C(=O)c3cn(-c4ccccc4)nn3)CC2)cc1. The number of hydrogen-bond donors (Lipinski definition) is 1. The van der Waals surface area contributed by atoms with Crippen molar-refractivity contribution in [1.82, 2.24) is 25.2 Å². The molecule has 0 aliphatic carbocycles. The molecule has 4 rings (SSSR count). The highest BCUT2D eigenvalue weighted by molar-refractivity contribution is 5.94. The summed E-state index contributed by atoms with van der Waals surface area (Å²) in [5.74, 6) is -0.198. The number of amides is 2. The van der Waals surface area contributed by atoms with E-state index >= 15 is 0 Å². The van der Waals surface area contributed by atoms with E-state index in [0.29, 0.717) is 37.2 Å². The predicted octanol–water partition coefficient (Wildman–Crippen LogP) is 3.60. The van der Waals surface area contributed by atoms with Crippen molar-refractivity contribution in [3.05, 3.63) is 77.6 Å². The average molecular weight is 432 g/mol. The Balaban J connectivity index is 1.31. The van der Waals surface area contributed by atoms with Crippen LogP contribution in [0.15, 0.2) is 60.8 Å². The molecule has 3 aromatic rings. The van der Waals surface area contributed by atoms with Gasteiger partial charge in [-0.15, -0.1) is 5.10 Å². The second kappa shape index (κ2) is 8.94. The van der Waals surface area contributed by atoms with Crippen LogP contribution in [0.5, 0.6) is 0 Å². The quantitative estimate of drug-likeness (QED) is 0.685. The molecular formula is C25H29N5O2. The van der Waals surface area contributed by atoms with Gasteiger partial charge in [-0.2, -0.15) is 0 Å². The topological polar surface area (TPSA) is 80.1 Å². The van der Waals surface area contributed by atoms with E-state index in [9.17, 15) is 9.59 Å². The van der Waals surface area contributed by atoms with Crippen molar-refractivity contribution in [1.29, 1.82) is 0 Å². The largest absolute Gasteiger partial charge is 0.349 e. The Labute approximate surface area is 188 Å². The van der Waals surface area contributed by atoms with Crippen molar-refractivity contribution < 1.29 is 9.59 Å². The fraction of sp³-hybridized carbons (Fsp3) is 0.360. The van der Waals surface area contributed by atoms with E-state index in [2.05, 4.69) is 36.4 Å². The number of likely N-dealkylation sites (tertiary alicyclic amines) is 1. The van der Waals surface area contributed by atoms with E-state index in [1.54, 1.807) is 15.8 Å². The molecule has 1 aliphatic rings. The number of nitrogens with one attached hydrogen (secondary N) is 1. The van der Waals surface area contributed by atoms with Crippen LogP contribution in [0.2, 0.25) is 0 Å². The van der Waals surface area contributed by atoms with E-state index in [-0.39, 0.29) is 23.3 Å². The normalized spacial score (nSPS) is 14.9. The van der Waals surface area contributed by atoms with Crippen molar-refractivity contribution in [3.63, 3.8) is 0 Å². The summed E-state index contributed by atoms with van der Waals surface area (Å²) in [5.41, 5.74) is 3.10. The van der Waals surface area contributed by atoms with Gasteiger partial charge < -0.3 is 10.2 Å². The van der Waals surface area contributed by atoms with Crippen molar-refractivity contribution in [2.24, 2.45) is 0 Å². The van der Waals surface area contributed by atoms with Gasteiger partial charge in [0.15, 0.2) is 5.69 Å². The number of hydrogen-bond acceptors (Lipinski definition) is 4. The van der Waals surface area contributed by atoms with Crippen LogP contribution in [0, 0.1) is 0 Å². The average Bonchev–Trinajstić information content (AvgIpc) is 3.29. The molecule has 2 aromatic carbocycles. The minimum absolute atomic E-state index is 0.0499. The van der Waals surface area contributed by atoms with Crippen molar-refractivity contribution >= 4 is 11.8 Å². The Hall–Kier alpha value is -3.48. The van der Waals surface area contributed by atoms with Crippen LogP contribution in [0.1, 0.15) is 60.0 Å². The highest BCUT2D eigenvalue weighted by Crippen LogP contribution is 2.22. The molecule has 166 valence electrons. The molecule has 7 heteroatoms. The molecule has 0 saturated carbocycles. The first kappa shape index (κ1) is 21.7. The van der Waals surface area contributed by atoms with Gasteiger partial charge in [-0.25, -0.2) is 4.68 Å². The third kappa shape index (κ3) is 4.88. The van der Waals surface area contributed by atoms with Gasteiger partial charge in [0.1, 0.15) is 0 Å². The van der Waals surface area contributed by atoms with Crippen LogP contribution < -0.4 is 5.32 Å². The molecule has 1 aliphatic heterocycles. The summed E-state index contributed by atoms with van der Waals surface area (Å²) in [6.07, 6.45) is 3.08. The molecule has 1 fully saturated rings. The van der Waals surface area contributed by atoms with E-state index < -0.39 is 0 Å². The standard InChI is InChI=1S/C25H29N5O2/c1-25(2,3)19-11-9-18(10-12-19)23(31)26-20-13-15-29(16-14-20)24(32)22-17-30(28-27-22)21-7-5-4-6-8-21/h4-12,17,20H,13-16H2,1-3H3,(H,26,31). The van der Waals surface area contributed by atoms with Crippen LogP contribution >= 0.6 is 0 Å². The Morgan fingerprint density at radius 3 is 2.25 bits per heavy atom. The van der Waals surface area contributed by atoms with E-state index in [1.165, 1.54) is 5.56 Å². The molecule has 7 nitrogen and oxygen atoms in total. The molecule has 1 aromatic heterocycles. The van der Waals surface area contributed by atoms with Gasteiger partial charge in [0.2, 0.25) is 0 Å². The zero-order chi connectivity index (χ0) is 22.7. The Morgan fingerprint density at radius 2 is 1.62 bits per heavy atom. The number of nitrogens with zero attached hydrogens (tertiary/aromatic N) is 4. The molecule has 1 saturated heterocycles. The van der Waals surface area contributed by atoms with Gasteiger partial charge in [-0.3, -0.25) is 9.59 Å². The van der Waals surface area contributed by atoms with Crippen LogP contribution in [0.4, 0.5) is 0 Å². The lowest BCUT2D eigenvalue weighted by Gasteiger charge is -2.32. The number of carbonyl (C=O) groups excluding carboxylic acids is 2. The summed E-state index contributed by atoms with van der Waals surface area (Å²) >= 11 is 0. The maximum absolute atomic E-state index is 12.8. The number of benzene rings is 2. The molecule has 2 amide bonds. The van der Waals surface area contributed by atoms with Crippen molar-refractivity contribution in [3.8, 4) is 5.69 Å². The Morgan fingerprint density at radius 1 is 0.969 bits per heavy atom. The lowest BCUT2D eigenvalue weighted by atomic mass is 9.86. The van der Waals surface area contributed by atoms with E-state index in [0.717, 1.165) is 5.69 Å². The third-order valence-electron chi connectivity index (χ3n) is 5.86. The van der Waals surface area contributed by atoms with Crippen LogP contribution in [0.25, 0.3) is 5.69 Å². The molecule has 0 radical (unpaired) electrons. The van der Waals surface area contributed by atoms with E-state index in [4.69, 9.17) is 0 Å². The van der Waals surface area contributed by atoms with Crippen LogP contribution in [-0.2, 0) is 5.41 Å². The van der Waals surface area contributed by atoms with Gasteiger partial charge in [0, 0.05) is 24.7 Å². The maximum atomic E-state index is 12.8. The number of aromatic nitrogens is 3. The number of para-hydroxylation sites is 1. The molecule has 0 spiro atoms. The Bertz CT molecular complexity index is 1080. The number of carbonyl (C=O) groups is 2. The summed E-state index contributed by atoms with van der Waals surface area (Å²) in [6, 6.07) is 17.4. The first-order valence-electron chi connectivity index (χ1n) is 11.0. The summed E-state index contributed by atoms with van der Waals surface area (Å²) in [6.45, 7) is 7.61. The third-order valence-corrected chi connectivity index (χ3v) is 5.86. The number of piperidine rings is 1. The number of rotatable bonds is 4. The predicted molar refractivity (Wildman–Crippen MR) is 123 cm³/mol. The molecule has 0 bridgehead atoms. The molecular weight excluding hydrogens is 402 g/mol.